The van der Waals surface area contributed by atoms with Crippen molar-refractivity contribution in [3.8, 4) is 5.69 Å². The number of aromatic nitrogens is 2. The highest BCUT2D eigenvalue weighted by molar-refractivity contribution is 7.54. The lowest BCUT2D eigenvalue weighted by atomic mass is 10.2. The normalized spacial score (nSPS) is 12.7. The summed E-state index contributed by atoms with van der Waals surface area (Å²) in [6.07, 6.45) is 0. The highest BCUT2D eigenvalue weighted by Gasteiger charge is 2.38. The summed E-state index contributed by atoms with van der Waals surface area (Å²) < 4.78 is 26.6. The van der Waals surface area contributed by atoms with Crippen LogP contribution >= 0.6 is 18.9 Å². The third kappa shape index (κ3) is 4.80. The molecule has 4 aromatic rings. The fraction of sp³-hybridized carbons (Fsp3) is 0.250. The molecule has 7 nitrogen and oxygen atoms in total. The highest BCUT2D eigenvalue weighted by atomic mass is 32.1. The smallest absolute Gasteiger partial charge is 0.334 e. The lowest BCUT2D eigenvalue weighted by Crippen LogP contribution is -2.29. The summed E-state index contributed by atoms with van der Waals surface area (Å²) >= 11 is 1.34. The number of thiophene rings is 1. The maximum atomic E-state index is 13.6. The van der Waals surface area contributed by atoms with Crippen molar-refractivity contribution < 1.29 is 18.4 Å². The van der Waals surface area contributed by atoms with E-state index in [1.807, 2.05) is 66.2 Å². The van der Waals surface area contributed by atoms with Gasteiger partial charge in [-0.05, 0) is 44.5 Å². The van der Waals surface area contributed by atoms with E-state index in [1.54, 1.807) is 26.0 Å². The largest absolute Gasteiger partial charge is 0.357 e. The van der Waals surface area contributed by atoms with E-state index < -0.39 is 13.4 Å². The average molecular weight is 484 g/mol. The van der Waals surface area contributed by atoms with Crippen LogP contribution in [-0.2, 0) is 13.6 Å². The number of amides is 1. The summed E-state index contributed by atoms with van der Waals surface area (Å²) in [5.74, 6) is -1.27. The second-order valence-corrected chi connectivity index (χ2v) is 10.5. The van der Waals surface area contributed by atoms with Gasteiger partial charge in [0.05, 0.1) is 29.5 Å². The van der Waals surface area contributed by atoms with E-state index in [4.69, 9.17) is 9.05 Å². The van der Waals surface area contributed by atoms with Crippen molar-refractivity contribution >= 4 is 35.1 Å². The Kier molecular flexibility index (Phi) is 7.10. The summed E-state index contributed by atoms with van der Waals surface area (Å²) in [5, 5.41) is 8.45. The van der Waals surface area contributed by atoms with Gasteiger partial charge in [0.2, 0.25) is 0 Å². The van der Waals surface area contributed by atoms with Gasteiger partial charge in [-0.25, -0.2) is 4.68 Å². The van der Waals surface area contributed by atoms with Crippen LogP contribution < -0.4 is 5.32 Å². The van der Waals surface area contributed by atoms with E-state index in [0.29, 0.717) is 10.4 Å². The summed E-state index contributed by atoms with van der Waals surface area (Å²) in [5.41, 5.74) is 2.41. The molecule has 0 spiro atoms. The van der Waals surface area contributed by atoms with E-state index in [9.17, 15) is 9.36 Å². The van der Waals surface area contributed by atoms with Gasteiger partial charge >= 0.3 is 7.60 Å². The first kappa shape index (κ1) is 23.4. The molecule has 0 saturated carbocycles. The molecule has 1 amide bonds. The molecule has 9 heteroatoms. The summed E-state index contributed by atoms with van der Waals surface area (Å²) in [4.78, 5) is 14.7. The van der Waals surface area contributed by atoms with Gasteiger partial charge in [-0.2, -0.15) is 5.10 Å². The van der Waals surface area contributed by atoms with Crippen molar-refractivity contribution in [1.29, 1.82) is 0 Å². The second-order valence-electron chi connectivity index (χ2n) is 7.32. The molecule has 0 fully saturated rings. The van der Waals surface area contributed by atoms with Gasteiger partial charge in [0.1, 0.15) is 4.83 Å². The summed E-state index contributed by atoms with van der Waals surface area (Å²) in [7, 11) is -3.66. The van der Waals surface area contributed by atoms with Crippen molar-refractivity contribution in [3.05, 3.63) is 82.9 Å². The number of aryl methyl sites for hydroxylation is 1. The molecule has 2 heterocycles. The minimum absolute atomic E-state index is 0.200. The van der Waals surface area contributed by atoms with Crippen LogP contribution in [0.5, 0.6) is 0 Å². The maximum absolute atomic E-state index is 13.6. The van der Waals surface area contributed by atoms with Crippen molar-refractivity contribution in [3.63, 3.8) is 0 Å². The van der Waals surface area contributed by atoms with Crippen LogP contribution in [0.1, 0.15) is 40.6 Å². The van der Waals surface area contributed by atoms with Crippen molar-refractivity contribution in [1.82, 2.24) is 15.1 Å². The molecule has 1 atom stereocenters. The average Bonchev–Trinajstić information content (AvgIpc) is 3.39. The van der Waals surface area contributed by atoms with Crippen LogP contribution in [-0.4, -0.2) is 28.9 Å². The molecule has 33 heavy (non-hydrogen) atoms. The number of rotatable bonds is 9. The Hall–Kier alpha value is -2.77. The van der Waals surface area contributed by atoms with Crippen LogP contribution in [0.4, 0.5) is 0 Å². The third-order valence-electron chi connectivity index (χ3n) is 5.09. The van der Waals surface area contributed by atoms with Crippen LogP contribution in [0.2, 0.25) is 0 Å². The first-order chi connectivity index (χ1) is 16.0. The topological polar surface area (TPSA) is 82.4 Å². The minimum atomic E-state index is -3.66. The van der Waals surface area contributed by atoms with Gasteiger partial charge in [-0.3, -0.25) is 9.36 Å². The van der Waals surface area contributed by atoms with Crippen molar-refractivity contribution in [2.24, 2.45) is 0 Å². The SMILES string of the molecule is CCOP(=O)(OCC)[C@H](NC(=O)c1cc2c(C)nn(-c3ccccc3)c2s1)c1ccccc1. The zero-order valence-electron chi connectivity index (χ0n) is 18.7. The molecule has 0 bridgehead atoms. The molecule has 2 aromatic heterocycles. The standard InChI is InChI=1S/C24H26N3O4PS/c1-4-30-32(29,31-5-2)23(18-12-8-6-9-13-18)25-22(28)21-16-20-17(3)26-27(24(20)33-21)19-14-10-7-11-15-19/h6-16,23H,4-5H2,1-3H3,(H,25,28)/t23-/m0/s1. The minimum Gasteiger partial charge on any atom is -0.334 e. The Morgan fingerprint density at radius 2 is 1.67 bits per heavy atom. The van der Waals surface area contributed by atoms with Gasteiger partial charge in [0.15, 0.2) is 5.78 Å². The number of benzene rings is 2. The number of carbonyl (C=O) groups excluding carboxylic acids is 1. The zero-order chi connectivity index (χ0) is 23.4. The number of para-hydroxylation sites is 1. The first-order valence-electron chi connectivity index (χ1n) is 10.8. The summed E-state index contributed by atoms with van der Waals surface area (Å²) in [6, 6.07) is 20.7. The predicted octanol–water partition coefficient (Wildman–Crippen LogP) is 6.09. The quantitative estimate of drug-likeness (QED) is 0.291. The van der Waals surface area contributed by atoms with Crippen LogP contribution in [0.3, 0.4) is 0 Å². The van der Waals surface area contributed by atoms with E-state index >= 15 is 0 Å². The molecule has 0 saturated heterocycles. The molecule has 0 aliphatic carbocycles. The predicted molar refractivity (Wildman–Crippen MR) is 131 cm³/mol. The Morgan fingerprint density at radius 3 is 2.27 bits per heavy atom. The van der Waals surface area contributed by atoms with E-state index in [1.165, 1.54) is 11.3 Å². The Bertz CT molecular complexity index is 1280. The lowest BCUT2D eigenvalue weighted by Gasteiger charge is -2.27. The van der Waals surface area contributed by atoms with Crippen LogP contribution in [0.15, 0.2) is 66.7 Å². The summed E-state index contributed by atoms with van der Waals surface area (Å²) in [6.45, 7) is 5.82. The molecule has 172 valence electrons. The Morgan fingerprint density at radius 1 is 1.06 bits per heavy atom. The molecular formula is C24H26N3O4PS. The third-order valence-corrected chi connectivity index (χ3v) is 8.49. The zero-order valence-corrected chi connectivity index (χ0v) is 20.4. The number of hydrogen-bond acceptors (Lipinski definition) is 6. The van der Waals surface area contributed by atoms with Crippen LogP contribution in [0.25, 0.3) is 15.9 Å². The van der Waals surface area contributed by atoms with E-state index in [2.05, 4.69) is 10.4 Å². The monoisotopic (exact) mass is 483 g/mol. The first-order valence-corrected chi connectivity index (χ1v) is 13.2. The van der Waals surface area contributed by atoms with Gasteiger partial charge in [-0.1, -0.05) is 48.5 Å². The Balaban J connectivity index is 1.71. The molecule has 0 aliphatic rings. The maximum Gasteiger partial charge on any atom is 0.357 e. The van der Waals surface area contributed by atoms with Gasteiger partial charge in [0.25, 0.3) is 5.91 Å². The molecule has 0 radical (unpaired) electrons. The second kappa shape index (κ2) is 10.0. The number of nitrogens with zero attached hydrogens (tertiary/aromatic N) is 2. The van der Waals surface area contributed by atoms with Gasteiger partial charge < -0.3 is 14.4 Å². The number of nitrogens with one attached hydrogen (secondary N) is 1. The molecular weight excluding hydrogens is 457 g/mol. The molecule has 4 rings (SSSR count). The van der Waals surface area contributed by atoms with Gasteiger partial charge in [0, 0.05) is 5.39 Å². The van der Waals surface area contributed by atoms with Crippen molar-refractivity contribution in [2.75, 3.05) is 13.2 Å². The fourth-order valence-electron chi connectivity index (χ4n) is 3.63. The van der Waals surface area contributed by atoms with Gasteiger partial charge in [-0.15, -0.1) is 11.3 Å². The number of carbonyl (C=O) groups is 1. The van der Waals surface area contributed by atoms with E-state index in [0.717, 1.165) is 21.6 Å². The molecule has 0 unspecified atom stereocenters. The molecule has 1 N–H and O–H groups in total. The van der Waals surface area contributed by atoms with Crippen molar-refractivity contribution in [2.45, 2.75) is 26.6 Å². The number of hydrogen-bond donors (Lipinski definition) is 1. The van der Waals surface area contributed by atoms with E-state index in [-0.39, 0.29) is 19.1 Å². The fourth-order valence-corrected chi connectivity index (χ4v) is 6.62. The van der Waals surface area contributed by atoms with Crippen LogP contribution in [0, 0.1) is 6.92 Å². The highest BCUT2D eigenvalue weighted by Crippen LogP contribution is 2.59. The molecule has 2 aromatic carbocycles. The lowest BCUT2D eigenvalue weighted by molar-refractivity contribution is 0.0941. The molecule has 0 aliphatic heterocycles. The Labute approximate surface area is 196 Å². The number of fused-ring (bicyclic) bond motifs is 1.